The van der Waals surface area contributed by atoms with Crippen molar-refractivity contribution in [1.29, 1.82) is 0 Å². The molecule has 0 amide bonds. The number of nitrogens with one attached hydrogen (secondary N) is 2. The molecular weight excluding hydrogens is 241 g/mol. The van der Waals surface area contributed by atoms with Crippen LogP contribution in [0.1, 0.15) is 31.7 Å². The van der Waals surface area contributed by atoms with Gasteiger partial charge in [0.25, 0.3) is 0 Å². The maximum absolute atomic E-state index is 12.8. The lowest BCUT2D eigenvalue weighted by molar-refractivity contribution is 0.626. The number of benzene rings is 1. The van der Waals surface area contributed by atoms with E-state index >= 15 is 0 Å². The van der Waals surface area contributed by atoms with E-state index in [0.29, 0.717) is 12.6 Å². The summed E-state index contributed by atoms with van der Waals surface area (Å²) >= 11 is 0. The Morgan fingerprint density at radius 2 is 2.11 bits per heavy atom. The smallest absolute Gasteiger partial charge is 0.191 e. The SMILES string of the molecule is CCCC1CC1NC(=NC)NCc1ccc(F)cc1. The zero-order chi connectivity index (χ0) is 13.7. The van der Waals surface area contributed by atoms with E-state index in [1.54, 1.807) is 19.2 Å². The maximum atomic E-state index is 12.8. The van der Waals surface area contributed by atoms with Crippen LogP contribution in [0.5, 0.6) is 0 Å². The highest BCUT2D eigenvalue weighted by atomic mass is 19.1. The Morgan fingerprint density at radius 1 is 1.37 bits per heavy atom. The summed E-state index contributed by atoms with van der Waals surface area (Å²) in [5, 5.41) is 6.68. The molecule has 3 nitrogen and oxygen atoms in total. The summed E-state index contributed by atoms with van der Waals surface area (Å²) in [6.45, 7) is 2.88. The van der Waals surface area contributed by atoms with Gasteiger partial charge in [0.2, 0.25) is 0 Å². The Morgan fingerprint density at radius 3 is 2.74 bits per heavy atom. The Balaban J connectivity index is 1.76. The standard InChI is InChI=1S/C15H22FN3/c1-3-4-12-9-14(12)19-15(17-2)18-10-11-5-7-13(16)8-6-11/h5-8,12,14H,3-4,9-10H2,1-2H3,(H2,17,18,19). The van der Waals surface area contributed by atoms with Crippen molar-refractivity contribution in [3.63, 3.8) is 0 Å². The van der Waals surface area contributed by atoms with Crippen LogP contribution >= 0.6 is 0 Å². The fraction of sp³-hybridized carbons (Fsp3) is 0.533. The van der Waals surface area contributed by atoms with E-state index in [1.807, 2.05) is 0 Å². The van der Waals surface area contributed by atoms with Crippen LogP contribution in [0.4, 0.5) is 4.39 Å². The minimum absolute atomic E-state index is 0.202. The molecule has 0 spiro atoms. The minimum atomic E-state index is -0.202. The van der Waals surface area contributed by atoms with Crippen molar-refractivity contribution >= 4 is 5.96 Å². The summed E-state index contributed by atoms with van der Waals surface area (Å²) in [4.78, 5) is 4.22. The molecule has 0 bridgehead atoms. The topological polar surface area (TPSA) is 36.4 Å². The van der Waals surface area contributed by atoms with Gasteiger partial charge >= 0.3 is 0 Å². The Bertz CT molecular complexity index is 428. The summed E-state index contributed by atoms with van der Waals surface area (Å²) in [5.74, 6) is 1.42. The number of nitrogens with zero attached hydrogens (tertiary/aromatic N) is 1. The van der Waals surface area contributed by atoms with Crippen LogP contribution in [0.15, 0.2) is 29.3 Å². The molecule has 19 heavy (non-hydrogen) atoms. The van der Waals surface area contributed by atoms with Gasteiger partial charge in [-0.15, -0.1) is 0 Å². The molecule has 0 heterocycles. The lowest BCUT2D eigenvalue weighted by Gasteiger charge is -2.11. The third-order valence-electron chi connectivity index (χ3n) is 3.50. The first-order valence-electron chi connectivity index (χ1n) is 6.94. The second-order valence-electron chi connectivity index (χ2n) is 5.09. The molecule has 2 rings (SSSR count). The molecule has 0 aromatic heterocycles. The molecule has 104 valence electrons. The first kappa shape index (κ1) is 13.8. The molecular formula is C15H22FN3. The van der Waals surface area contributed by atoms with Crippen molar-refractivity contribution in [1.82, 2.24) is 10.6 Å². The largest absolute Gasteiger partial charge is 0.353 e. The van der Waals surface area contributed by atoms with Crippen molar-refractivity contribution in [3.8, 4) is 0 Å². The van der Waals surface area contributed by atoms with Gasteiger partial charge in [-0.25, -0.2) is 4.39 Å². The molecule has 1 aliphatic rings. The number of hydrogen-bond donors (Lipinski definition) is 2. The van der Waals surface area contributed by atoms with Gasteiger partial charge in [0.15, 0.2) is 5.96 Å². The Kier molecular flexibility index (Phi) is 4.77. The van der Waals surface area contributed by atoms with Gasteiger partial charge in [0.1, 0.15) is 5.82 Å². The number of aliphatic imine (C=N–C) groups is 1. The van der Waals surface area contributed by atoms with Gasteiger partial charge in [-0.05, 0) is 36.5 Å². The Labute approximate surface area is 114 Å². The second kappa shape index (κ2) is 6.55. The highest BCUT2D eigenvalue weighted by Crippen LogP contribution is 2.34. The number of hydrogen-bond acceptors (Lipinski definition) is 1. The average molecular weight is 263 g/mol. The summed E-state index contributed by atoms with van der Waals surface area (Å²) in [6, 6.07) is 7.09. The van der Waals surface area contributed by atoms with Crippen LogP contribution < -0.4 is 10.6 Å². The zero-order valence-corrected chi connectivity index (χ0v) is 11.6. The van der Waals surface area contributed by atoms with Gasteiger partial charge in [0, 0.05) is 19.6 Å². The predicted molar refractivity (Wildman–Crippen MR) is 76.5 cm³/mol. The van der Waals surface area contributed by atoms with Gasteiger partial charge in [0.05, 0.1) is 0 Å². The molecule has 0 radical (unpaired) electrons. The van der Waals surface area contributed by atoms with Gasteiger partial charge < -0.3 is 10.6 Å². The number of halogens is 1. The quantitative estimate of drug-likeness (QED) is 0.633. The van der Waals surface area contributed by atoms with Crippen LogP contribution in [0.2, 0.25) is 0 Å². The average Bonchev–Trinajstić information content (AvgIpc) is 3.15. The first-order valence-corrected chi connectivity index (χ1v) is 6.94. The minimum Gasteiger partial charge on any atom is -0.353 e. The molecule has 2 atom stereocenters. The van der Waals surface area contributed by atoms with E-state index in [2.05, 4.69) is 22.5 Å². The summed E-state index contributed by atoms with van der Waals surface area (Å²) < 4.78 is 12.8. The normalized spacial score (nSPS) is 22.2. The van der Waals surface area contributed by atoms with Crippen molar-refractivity contribution in [2.45, 2.75) is 38.8 Å². The zero-order valence-electron chi connectivity index (χ0n) is 11.6. The molecule has 1 aromatic rings. The first-order chi connectivity index (χ1) is 9.22. The molecule has 1 fully saturated rings. The molecule has 2 unspecified atom stereocenters. The highest BCUT2D eigenvalue weighted by molar-refractivity contribution is 5.80. The molecule has 1 aliphatic carbocycles. The Hall–Kier alpha value is -1.58. The summed E-state index contributed by atoms with van der Waals surface area (Å²) in [7, 11) is 1.78. The molecule has 0 aliphatic heterocycles. The number of guanidine groups is 1. The molecule has 0 saturated heterocycles. The fourth-order valence-electron chi connectivity index (χ4n) is 2.27. The van der Waals surface area contributed by atoms with E-state index in [0.717, 1.165) is 17.4 Å². The van der Waals surface area contributed by atoms with Crippen LogP contribution in [-0.2, 0) is 6.54 Å². The lowest BCUT2D eigenvalue weighted by atomic mass is 10.2. The van der Waals surface area contributed by atoms with E-state index in [4.69, 9.17) is 0 Å². The monoisotopic (exact) mass is 263 g/mol. The van der Waals surface area contributed by atoms with Gasteiger partial charge in [-0.1, -0.05) is 25.5 Å². The van der Waals surface area contributed by atoms with E-state index in [1.165, 1.54) is 31.4 Å². The van der Waals surface area contributed by atoms with Crippen LogP contribution in [0.25, 0.3) is 0 Å². The van der Waals surface area contributed by atoms with Crippen molar-refractivity contribution in [2.24, 2.45) is 10.9 Å². The highest BCUT2D eigenvalue weighted by Gasteiger charge is 2.36. The van der Waals surface area contributed by atoms with Gasteiger partial charge in [-0.3, -0.25) is 4.99 Å². The third-order valence-corrected chi connectivity index (χ3v) is 3.50. The van der Waals surface area contributed by atoms with Crippen molar-refractivity contribution in [3.05, 3.63) is 35.6 Å². The van der Waals surface area contributed by atoms with E-state index in [9.17, 15) is 4.39 Å². The summed E-state index contributed by atoms with van der Waals surface area (Å²) in [6.07, 6.45) is 3.77. The molecule has 4 heteroatoms. The maximum Gasteiger partial charge on any atom is 0.191 e. The molecule has 1 aromatic carbocycles. The molecule has 2 N–H and O–H groups in total. The predicted octanol–water partition coefficient (Wildman–Crippen LogP) is 2.68. The second-order valence-corrected chi connectivity index (χ2v) is 5.09. The number of rotatable bonds is 5. The van der Waals surface area contributed by atoms with E-state index in [-0.39, 0.29) is 5.82 Å². The van der Waals surface area contributed by atoms with Crippen molar-refractivity contribution < 1.29 is 4.39 Å². The lowest BCUT2D eigenvalue weighted by Crippen LogP contribution is -2.38. The van der Waals surface area contributed by atoms with Crippen LogP contribution in [0, 0.1) is 11.7 Å². The summed E-state index contributed by atoms with van der Waals surface area (Å²) in [5.41, 5.74) is 1.05. The molecule has 1 saturated carbocycles. The van der Waals surface area contributed by atoms with Crippen molar-refractivity contribution in [2.75, 3.05) is 7.05 Å². The van der Waals surface area contributed by atoms with Crippen LogP contribution in [0.3, 0.4) is 0 Å². The van der Waals surface area contributed by atoms with E-state index < -0.39 is 0 Å². The van der Waals surface area contributed by atoms with Gasteiger partial charge in [-0.2, -0.15) is 0 Å². The van der Waals surface area contributed by atoms with Crippen LogP contribution in [-0.4, -0.2) is 19.0 Å². The fourth-order valence-corrected chi connectivity index (χ4v) is 2.27. The third kappa shape index (κ3) is 4.23.